The Morgan fingerprint density at radius 3 is 1.11 bits per heavy atom. The standard InChI is InChI=1S/C4H4.C2H6.CH4.H3P.Y/c1-3-4-2;1-2;;;/h1-4H;1-2H3;1H4;1H3;/q-2;;;;. The van der Waals surface area contributed by atoms with Crippen molar-refractivity contribution in [2.45, 2.75) is 21.3 Å². The zero-order valence-corrected chi connectivity index (χ0v) is 9.85. The molecule has 0 nitrogen and oxygen atoms in total. The van der Waals surface area contributed by atoms with Gasteiger partial charge in [0.2, 0.25) is 0 Å². The van der Waals surface area contributed by atoms with Crippen molar-refractivity contribution in [1.82, 2.24) is 0 Å². The van der Waals surface area contributed by atoms with E-state index in [1.807, 2.05) is 13.8 Å². The van der Waals surface area contributed by atoms with Crippen molar-refractivity contribution in [3.63, 3.8) is 0 Å². The Labute approximate surface area is 88.7 Å². The van der Waals surface area contributed by atoms with Gasteiger partial charge in [0.15, 0.2) is 0 Å². The molecule has 0 bridgehead atoms. The van der Waals surface area contributed by atoms with Gasteiger partial charge in [0, 0.05) is 32.7 Å². The van der Waals surface area contributed by atoms with Crippen molar-refractivity contribution >= 4 is 9.90 Å². The fraction of sp³-hybridized carbons (Fsp3) is 0.429. The van der Waals surface area contributed by atoms with Crippen LogP contribution in [0.1, 0.15) is 21.3 Å². The summed E-state index contributed by atoms with van der Waals surface area (Å²) in [5.74, 6) is 0. The second-order valence-electron chi connectivity index (χ2n) is 0.385. The van der Waals surface area contributed by atoms with Crippen LogP contribution >= 0.6 is 9.90 Å². The fourth-order valence-electron chi connectivity index (χ4n) is 0. The SMILES string of the molecule is C.CC.P.[CH-]=CC=[CH-].[Y]. The Kier molecular flexibility index (Phi) is 229. The first-order valence-corrected chi connectivity index (χ1v) is 2.00. The van der Waals surface area contributed by atoms with Crippen molar-refractivity contribution in [2.75, 3.05) is 0 Å². The van der Waals surface area contributed by atoms with Gasteiger partial charge in [0.1, 0.15) is 0 Å². The van der Waals surface area contributed by atoms with Gasteiger partial charge in [-0.2, -0.15) is 9.90 Å². The molecule has 1 radical (unpaired) electrons. The van der Waals surface area contributed by atoms with Gasteiger partial charge in [-0.25, -0.2) is 0 Å². The van der Waals surface area contributed by atoms with E-state index in [0.29, 0.717) is 0 Å². The molecule has 0 saturated carbocycles. The average molecular weight is 221 g/mol. The van der Waals surface area contributed by atoms with Gasteiger partial charge < -0.3 is 25.3 Å². The van der Waals surface area contributed by atoms with E-state index in [1.165, 1.54) is 12.2 Å². The molecule has 0 spiro atoms. The van der Waals surface area contributed by atoms with Crippen LogP contribution in [0.25, 0.3) is 0 Å². The summed E-state index contributed by atoms with van der Waals surface area (Å²) in [6, 6.07) is 0. The molecule has 0 N–H and O–H groups in total. The van der Waals surface area contributed by atoms with Crippen molar-refractivity contribution in [1.29, 1.82) is 0 Å². The summed E-state index contributed by atoms with van der Waals surface area (Å²) in [4.78, 5) is 0. The topological polar surface area (TPSA) is 0 Å². The molecule has 0 aromatic heterocycles. The average Bonchev–Trinajstić information content (AvgIpc) is 1.72. The van der Waals surface area contributed by atoms with Crippen molar-refractivity contribution in [3.05, 3.63) is 25.3 Å². The van der Waals surface area contributed by atoms with E-state index in [-0.39, 0.29) is 50.0 Å². The van der Waals surface area contributed by atoms with Crippen LogP contribution in [0.5, 0.6) is 0 Å². The molecule has 0 saturated heterocycles. The zero-order chi connectivity index (χ0) is 5.41. The maximum absolute atomic E-state index is 4.72. The Hall–Kier alpha value is 1.01. The Balaban J connectivity index is -0.00000000990. The van der Waals surface area contributed by atoms with Crippen LogP contribution in [-0.4, -0.2) is 0 Å². The summed E-state index contributed by atoms with van der Waals surface area (Å²) in [7, 11) is 0. The van der Waals surface area contributed by atoms with Crippen LogP contribution in [0.4, 0.5) is 0 Å². The molecule has 1 unspecified atom stereocenters. The van der Waals surface area contributed by atoms with Crippen molar-refractivity contribution in [3.8, 4) is 0 Å². The predicted octanol–water partition coefficient (Wildman–Crippen LogP) is 2.68. The van der Waals surface area contributed by atoms with Crippen LogP contribution < -0.4 is 0 Å². The van der Waals surface area contributed by atoms with Gasteiger partial charge >= 0.3 is 0 Å². The van der Waals surface area contributed by atoms with Gasteiger partial charge in [0.05, 0.1) is 0 Å². The van der Waals surface area contributed by atoms with Gasteiger partial charge in [-0.1, -0.05) is 21.3 Å². The molecule has 0 aliphatic rings. The van der Waals surface area contributed by atoms with Crippen molar-refractivity contribution in [2.24, 2.45) is 0 Å². The zero-order valence-electron chi connectivity index (χ0n) is 5.59. The molecule has 0 aliphatic carbocycles. The van der Waals surface area contributed by atoms with Crippen LogP contribution in [0.3, 0.4) is 0 Å². The minimum atomic E-state index is 0. The van der Waals surface area contributed by atoms with Crippen molar-refractivity contribution < 1.29 is 32.7 Å². The summed E-state index contributed by atoms with van der Waals surface area (Å²) in [5.41, 5.74) is 0. The van der Waals surface area contributed by atoms with E-state index in [0.717, 1.165) is 0 Å². The number of hydrogen-bond donors (Lipinski definition) is 0. The van der Waals surface area contributed by atoms with E-state index in [2.05, 4.69) is 0 Å². The molecule has 0 fully saturated rings. The first-order valence-electron chi connectivity index (χ1n) is 2.00. The fourth-order valence-corrected chi connectivity index (χ4v) is 0. The third-order valence-corrected chi connectivity index (χ3v) is 0.111. The smallest absolute Gasteiger partial charge is 0 e. The van der Waals surface area contributed by atoms with Gasteiger partial charge in [-0.3, -0.25) is 0 Å². The normalized spacial score (nSPS) is 2.89. The van der Waals surface area contributed by atoms with E-state index < -0.39 is 0 Å². The third-order valence-electron chi connectivity index (χ3n) is 0.111. The molecule has 0 heterocycles. The third kappa shape index (κ3) is 109. The van der Waals surface area contributed by atoms with Gasteiger partial charge in [0.25, 0.3) is 0 Å². The van der Waals surface area contributed by atoms with E-state index in [4.69, 9.17) is 13.2 Å². The molecule has 0 aromatic carbocycles. The Bertz CT molecular complexity index is 29.9. The molecule has 2 heteroatoms. The molecule has 0 amide bonds. The quantitative estimate of drug-likeness (QED) is 0.362. The summed E-state index contributed by atoms with van der Waals surface area (Å²) in [6.07, 6.45) is 2.56. The maximum atomic E-state index is 4.72. The molecule has 9 heavy (non-hydrogen) atoms. The Morgan fingerprint density at radius 2 is 1.11 bits per heavy atom. The van der Waals surface area contributed by atoms with E-state index in [9.17, 15) is 0 Å². The van der Waals surface area contributed by atoms with Crippen LogP contribution in [0, 0.1) is 13.2 Å². The minimum Gasteiger partial charge on any atom is -0.394 e. The number of hydrogen-bond acceptors (Lipinski definition) is 0. The van der Waals surface area contributed by atoms with Crippen LogP contribution in [0.15, 0.2) is 12.2 Å². The second-order valence-corrected chi connectivity index (χ2v) is 0.385. The summed E-state index contributed by atoms with van der Waals surface area (Å²) >= 11 is 0. The van der Waals surface area contributed by atoms with Gasteiger partial charge in [-0.15, -0.1) is 0 Å². The first kappa shape index (κ1) is 32.4. The van der Waals surface area contributed by atoms with E-state index in [1.54, 1.807) is 0 Å². The number of rotatable bonds is 1. The largest absolute Gasteiger partial charge is 0.394 e. The molecule has 0 rings (SSSR count). The molecule has 1 atom stereocenters. The first-order chi connectivity index (χ1) is 2.91. The summed E-state index contributed by atoms with van der Waals surface area (Å²) < 4.78 is 0. The molecule has 0 aromatic rings. The predicted molar refractivity (Wildman–Crippen MR) is 46.9 cm³/mol. The molecule has 0 aliphatic heterocycles. The monoisotopic (exact) mass is 221 g/mol. The molecular weight excluding hydrogens is 204 g/mol. The number of allylic oxidation sites excluding steroid dienone is 2. The van der Waals surface area contributed by atoms with Crippen LogP contribution in [0.2, 0.25) is 0 Å². The molecular formula is C7H17PY-2. The van der Waals surface area contributed by atoms with E-state index >= 15 is 0 Å². The Morgan fingerprint density at radius 1 is 1.00 bits per heavy atom. The van der Waals surface area contributed by atoms with Gasteiger partial charge in [-0.05, 0) is 0 Å². The second kappa shape index (κ2) is 63.7. The summed E-state index contributed by atoms with van der Waals surface area (Å²) in [6.45, 7) is 13.4. The summed E-state index contributed by atoms with van der Waals surface area (Å²) in [5, 5.41) is 0. The van der Waals surface area contributed by atoms with Crippen LogP contribution in [-0.2, 0) is 32.7 Å². The maximum Gasteiger partial charge on any atom is 0 e. The molecule has 55 valence electrons. The minimum absolute atomic E-state index is 0.